The number of aliphatic carboxylic acids is 2. The number of amides is 1. The summed E-state index contributed by atoms with van der Waals surface area (Å²) in [6.45, 7) is 4.53. The van der Waals surface area contributed by atoms with E-state index in [9.17, 15) is 29.4 Å². The summed E-state index contributed by atoms with van der Waals surface area (Å²) in [5.41, 5.74) is -2.44. The number of rotatable bonds is 2. The Hall–Kier alpha value is -2.38. The van der Waals surface area contributed by atoms with Gasteiger partial charge in [-0.3, -0.25) is 14.5 Å². The Kier molecular flexibility index (Phi) is 3.96. The van der Waals surface area contributed by atoms with Crippen molar-refractivity contribution in [3.05, 3.63) is 12.2 Å². The van der Waals surface area contributed by atoms with Gasteiger partial charge in [0.05, 0.1) is 0 Å². The van der Waals surface area contributed by atoms with Crippen LogP contribution in [-0.2, 0) is 19.1 Å². The monoisotopic (exact) mass is 325 g/mol. The van der Waals surface area contributed by atoms with E-state index in [1.807, 2.05) is 0 Å². The molecule has 1 fully saturated rings. The summed E-state index contributed by atoms with van der Waals surface area (Å²) in [5, 5.41) is 19.1. The number of carboxylic acid groups (broad SMARTS) is 2. The molecule has 0 radical (unpaired) electrons. The summed E-state index contributed by atoms with van der Waals surface area (Å²) < 4.78 is 5.18. The highest BCUT2D eigenvalue weighted by molar-refractivity contribution is 5.96. The number of carbonyl (C=O) groups excluding carboxylic acids is 2. The maximum Gasteiger partial charge on any atom is 0.411 e. The van der Waals surface area contributed by atoms with Crippen LogP contribution in [0.3, 0.4) is 0 Å². The second kappa shape index (κ2) is 5.36. The van der Waals surface area contributed by atoms with Gasteiger partial charge in [-0.05, 0) is 26.8 Å². The Balaban J connectivity index is 2.44. The van der Waals surface area contributed by atoms with Crippen molar-refractivity contribution in [1.29, 1.82) is 0 Å². The van der Waals surface area contributed by atoms with E-state index in [-0.39, 0.29) is 18.7 Å². The fraction of sp³-hybridized carbons (Fsp3) is 0.600. The molecule has 0 unspecified atom stereocenters. The molecule has 126 valence electrons. The van der Waals surface area contributed by atoms with Gasteiger partial charge < -0.3 is 14.9 Å². The number of ketones is 1. The third-order valence-electron chi connectivity index (χ3n) is 4.08. The van der Waals surface area contributed by atoms with E-state index in [2.05, 4.69) is 0 Å². The van der Waals surface area contributed by atoms with Crippen LogP contribution in [0.2, 0.25) is 0 Å². The highest BCUT2D eigenvalue weighted by Gasteiger charge is 2.61. The zero-order chi connectivity index (χ0) is 17.6. The predicted octanol–water partition coefficient (Wildman–Crippen LogP) is 0.907. The van der Waals surface area contributed by atoms with Gasteiger partial charge in [0.1, 0.15) is 17.1 Å². The Morgan fingerprint density at radius 1 is 1.30 bits per heavy atom. The Labute approximate surface area is 132 Å². The number of ether oxygens (including phenoxy) is 1. The number of likely N-dealkylation sites (tertiary alicyclic amines) is 1. The molecule has 2 aliphatic rings. The average molecular weight is 325 g/mol. The summed E-state index contributed by atoms with van der Waals surface area (Å²) >= 11 is 0. The van der Waals surface area contributed by atoms with E-state index in [0.717, 1.165) is 11.0 Å². The number of hydrogen-bond acceptors (Lipinski definition) is 5. The average Bonchev–Trinajstić information content (AvgIpc) is 2.72. The number of carboxylic acids is 2. The first-order valence-electron chi connectivity index (χ1n) is 7.16. The number of nitrogens with zero attached hydrogens (tertiary/aromatic N) is 1. The molecule has 1 amide bonds. The fourth-order valence-corrected chi connectivity index (χ4v) is 3.09. The maximum absolute atomic E-state index is 12.3. The number of fused-ring (bicyclic) bond motifs is 1. The highest BCUT2D eigenvalue weighted by atomic mass is 16.6. The van der Waals surface area contributed by atoms with E-state index in [1.165, 1.54) is 6.08 Å². The van der Waals surface area contributed by atoms with Crippen LogP contribution in [0.4, 0.5) is 4.79 Å². The highest BCUT2D eigenvalue weighted by Crippen LogP contribution is 2.47. The van der Waals surface area contributed by atoms with Crippen molar-refractivity contribution in [1.82, 2.24) is 4.90 Å². The molecular formula is C15H19NO7. The lowest BCUT2D eigenvalue weighted by Crippen LogP contribution is -2.46. The lowest BCUT2D eigenvalue weighted by molar-refractivity contribution is -0.149. The minimum Gasteiger partial charge on any atom is -0.481 e. The van der Waals surface area contributed by atoms with Gasteiger partial charge in [-0.1, -0.05) is 6.08 Å². The molecule has 0 aromatic rings. The Morgan fingerprint density at radius 3 is 2.39 bits per heavy atom. The van der Waals surface area contributed by atoms with Crippen molar-refractivity contribution >= 4 is 23.8 Å². The van der Waals surface area contributed by atoms with Gasteiger partial charge >= 0.3 is 18.0 Å². The van der Waals surface area contributed by atoms with Crippen molar-refractivity contribution in [3.8, 4) is 0 Å². The number of allylic oxidation sites excluding steroid dienone is 1. The minimum atomic E-state index is -1.59. The van der Waals surface area contributed by atoms with Gasteiger partial charge in [0.2, 0.25) is 0 Å². The molecule has 0 spiro atoms. The van der Waals surface area contributed by atoms with E-state index in [1.54, 1.807) is 20.8 Å². The van der Waals surface area contributed by atoms with Gasteiger partial charge in [0, 0.05) is 18.9 Å². The summed E-state index contributed by atoms with van der Waals surface area (Å²) in [6.07, 6.45) is 1.20. The molecule has 1 aliphatic carbocycles. The SMILES string of the molecule is CC(C)(C)OC(=O)N1C[C@]2(C(=O)O)C=CC(=O)C[C@@H]2[C@H]1C(=O)O. The molecule has 1 aliphatic heterocycles. The van der Waals surface area contributed by atoms with Crippen LogP contribution in [-0.4, -0.2) is 57.1 Å². The molecule has 0 aromatic heterocycles. The maximum atomic E-state index is 12.3. The molecule has 0 bridgehead atoms. The van der Waals surface area contributed by atoms with Gasteiger partial charge in [0.15, 0.2) is 5.78 Å². The first kappa shape index (κ1) is 17.0. The fourth-order valence-electron chi connectivity index (χ4n) is 3.09. The molecule has 1 saturated heterocycles. The number of hydrogen-bond donors (Lipinski definition) is 2. The largest absolute Gasteiger partial charge is 0.481 e. The van der Waals surface area contributed by atoms with E-state index in [0.29, 0.717) is 0 Å². The van der Waals surface area contributed by atoms with Gasteiger partial charge in [0.25, 0.3) is 0 Å². The van der Waals surface area contributed by atoms with Crippen LogP contribution < -0.4 is 0 Å². The summed E-state index contributed by atoms with van der Waals surface area (Å²) in [4.78, 5) is 48.2. The van der Waals surface area contributed by atoms with Crippen LogP contribution in [0.15, 0.2) is 12.2 Å². The van der Waals surface area contributed by atoms with Crippen LogP contribution in [0, 0.1) is 11.3 Å². The third-order valence-corrected chi connectivity index (χ3v) is 4.08. The summed E-state index contributed by atoms with van der Waals surface area (Å²) in [6, 6.07) is -1.42. The molecule has 1 heterocycles. The molecule has 8 heteroatoms. The van der Waals surface area contributed by atoms with Crippen LogP contribution in [0.25, 0.3) is 0 Å². The van der Waals surface area contributed by atoms with Crippen LogP contribution in [0.1, 0.15) is 27.2 Å². The molecule has 8 nitrogen and oxygen atoms in total. The third kappa shape index (κ3) is 2.93. The predicted molar refractivity (Wildman–Crippen MR) is 76.7 cm³/mol. The van der Waals surface area contributed by atoms with Crippen LogP contribution >= 0.6 is 0 Å². The van der Waals surface area contributed by atoms with Gasteiger partial charge in [-0.2, -0.15) is 0 Å². The van der Waals surface area contributed by atoms with Gasteiger partial charge in [-0.15, -0.1) is 0 Å². The zero-order valence-electron chi connectivity index (χ0n) is 13.1. The Bertz CT molecular complexity index is 603. The first-order valence-corrected chi connectivity index (χ1v) is 7.16. The topological polar surface area (TPSA) is 121 Å². The molecule has 0 saturated carbocycles. The lowest BCUT2D eigenvalue weighted by Gasteiger charge is -2.30. The summed E-state index contributed by atoms with van der Waals surface area (Å²) in [5.74, 6) is -4.00. The molecule has 23 heavy (non-hydrogen) atoms. The standard InChI is InChI=1S/C15H19NO7/c1-14(2,3)23-13(22)16-7-15(12(20)21)5-4-8(17)6-9(15)10(16)11(18)19/h4-5,9-10H,6-7H2,1-3H3,(H,18,19)(H,20,21)/t9-,10+,15-/m1/s1. The second-order valence-electron chi connectivity index (χ2n) is 6.85. The second-order valence-corrected chi connectivity index (χ2v) is 6.85. The molecule has 2 N–H and O–H groups in total. The Morgan fingerprint density at radius 2 is 1.91 bits per heavy atom. The van der Waals surface area contributed by atoms with Crippen molar-refractivity contribution in [2.45, 2.75) is 38.8 Å². The van der Waals surface area contributed by atoms with E-state index >= 15 is 0 Å². The normalized spacial score (nSPS) is 30.0. The van der Waals surface area contributed by atoms with Crippen molar-refractivity contribution < 1.29 is 34.1 Å². The van der Waals surface area contributed by atoms with Crippen molar-refractivity contribution in [2.24, 2.45) is 11.3 Å². The lowest BCUT2D eigenvalue weighted by atomic mass is 9.70. The van der Waals surface area contributed by atoms with Crippen LogP contribution in [0.5, 0.6) is 0 Å². The van der Waals surface area contributed by atoms with E-state index < -0.39 is 41.0 Å². The van der Waals surface area contributed by atoms with Gasteiger partial charge in [-0.25, -0.2) is 9.59 Å². The van der Waals surface area contributed by atoms with Crippen molar-refractivity contribution in [2.75, 3.05) is 6.54 Å². The molecule has 3 atom stereocenters. The quantitative estimate of drug-likeness (QED) is 0.773. The number of carbonyl (C=O) groups is 4. The molecule has 0 aromatic carbocycles. The molecule has 2 rings (SSSR count). The van der Waals surface area contributed by atoms with E-state index in [4.69, 9.17) is 4.74 Å². The van der Waals surface area contributed by atoms with Crippen molar-refractivity contribution in [3.63, 3.8) is 0 Å². The summed E-state index contributed by atoms with van der Waals surface area (Å²) in [7, 11) is 0. The first-order chi connectivity index (χ1) is 10.5. The molecular weight excluding hydrogens is 306 g/mol. The minimum absolute atomic E-state index is 0.237. The zero-order valence-corrected chi connectivity index (χ0v) is 13.1. The smallest absolute Gasteiger partial charge is 0.411 e.